The molecule has 0 N–H and O–H groups in total. The van der Waals surface area contributed by atoms with Crippen LogP contribution in [0.3, 0.4) is 0 Å². The Hall–Kier alpha value is -1.31. The summed E-state index contributed by atoms with van der Waals surface area (Å²) < 4.78 is 5.46. The van der Waals surface area contributed by atoms with Gasteiger partial charge >= 0.3 is 5.97 Å². The highest BCUT2D eigenvalue weighted by molar-refractivity contribution is 5.89. The summed E-state index contributed by atoms with van der Waals surface area (Å²) in [6, 6.07) is 8.32. The van der Waals surface area contributed by atoms with Crippen LogP contribution in [0.15, 0.2) is 24.3 Å². The summed E-state index contributed by atoms with van der Waals surface area (Å²) >= 11 is 0. The van der Waals surface area contributed by atoms with Crippen LogP contribution in [0.4, 0.5) is 0 Å². The quantitative estimate of drug-likeness (QED) is 0.261. The topological polar surface area (TPSA) is 26.3 Å². The van der Waals surface area contributed by atoms with Crippen LogP contribution in [-0.4, -0.2) is 12.6 Å². The van der Waals surface area contributed by atoms with Crippen LogP contribution in [0.25, 0.3) is 0 Å². The summed E-state index contributed by atoms with van der Waals surface area (Å²) in [6.07, 6.45) is 20.1. The summed E-state index contributed by atoms with van der Waals surface area (Å²) in [4.78, 5) is 12.3. The Morgan fingerprint density at radius 2 is 1.39 bits per heavy atom. The van der Waals surface area contributed by atoms with Crippen LogP contribution >= 0.6 is 0 Å². The Morgan fingerprint density at radius 1 is 0.774 bits per heavy atom. The summed E-state index contributed by atoms with van der Waals surface area (Å²) in [6.45, 7) is 5.10. The molecule has 0 aromatic heterocycles. The number of carbonyl (C=O) groups is 1. The van der Waals surface area contributed by atoms with Crippen molar-refractivity contribution in [3.63, 3.8) is 0 Å². The van der Waals surface area contributed by atoms with Gasteiger partial charge in [-0.25, -0.2) is 4.79 Å². The van der Waals surface area contributed by atoms with E-state index in [1.54, 1.807) is 0 Å². The number of carbonyl (C=O) groups excluding carboxylic acids is 1. The monoisotopic (exact) mass is 426 g/mol. The van der Waals surface area contributed by atoms with Gasteiger partial charge in [0, 0.05) is 0 Å². The number of hydrogen-bond donors (Lipinski definition) is 0. The van der Waals surface area contributed by atoms with E-state index in [-0.39, 0.29) is 5.97 Å². The minimum Gasteiger partial charge on any atom is -0.462 e. The Balaban J connectivity index is 1.37. The predicted molar refractivity (Wildman–Crippen MR) is 131 cm³/mol. The molecule has 1 aromatic rings. The molecule has 2 aliphatic rings. The SMILES string of the molecule is CCCCCCCOC(=O)c1ccc(C2CCC(C3CCC(CCC)CC3)CC2)cc1. The van der Waals surface area contributed by atoms with Gasteiger partial charge in [0.05, 0.1) is 12.2 Å². The molecule has 2 nitrogen and oxygen atoms in total. The molecule has 0 unspecified atom stereocenters. The Kier molecular flexibility index (Phi) is 10.4. The van der Waals surface area contributed by atoms with Crippen LogP contribution < -0.4 is 0 Å². The molecule has 2 heteroatoms. The van der Waals surface area contributed by atoms with Crippen molar-refractivity contribution in [3.05, 3.63) is 35.4 Å². The number of unbranched alkanes of at least 4 members (excludes halogenated alkanes) is 4. The fraction of sp³-hybridized carbons (Fsp3) is 0.759. The van der Waals surface area contributed by atoms with E-state index >= 15 is 0 Å². The first-order chi connectivity index (χ1) is 15.2. The molecule has 0 amide bonds. The maximum absolute atomic E-state index is 12.3. The Labute approximate surface area is 191 Å². The fourth-order valence-electron chi connectivity index (χ4n) is 6.13. The summed E-state index contributed by atoms with van der Waals surface area (Å²) in [5, 5.41) is 0. The van der Waals surface area contributed by atoms with Crippen molar-refractivity contribution in [1.82, 2.24) is 0 Å². The number of ether oxygens (including phenoxy) is 1. The first kappa shape index (κ1) is 24.3. The molecule has 0 radical (unpaired) electrons. The lowest BCUT2D eigenvalue weighted by Crippen LogP contribution is -2.25. The maximum Gasteiger partial charge on any atom is 0.338 e. The molecule has 2 aliphatic carbocycles. The van der Waals surface area contributed by atoms with Gasteiger partial charge in [0.15, 0.2) is 0 Å². The molecule has 3 rings (SSSR count). The van der Waals surface area contributed by atoms with Crippen LogP contribution in [0.5, 0.6) is 0 Å². The van der Waals surface area contributed by atoms with Crippen LogP contribution in [-0.2, 0) is 4.74 Å². The number of benzene rings is 1. The lowest BCUT2D eigenvalue weighted by atomic mass is 9.68. The third-order valence-electron chi connectivity index (χ3n) is 8.13. The van der Waals surface area contributed by atoms with Gasteiger partial charge in [-0.05, 0) is 86.3 Å². The zero-order valence-electron chi connectivity index (χ0n) is 20.2. The van der Waals surface area contributed by atoms with Gasteiger partial charge in [-0.2, -0.15) is 0 Å². The van der Waals surface area contributed by atoms with Crippen LogP contribution in [0.1, 0.15) is 132 Å². The first-order valence-electron chi connectivity index (χ1n) is 13.5. The highest BCUT2D eigenvalue weighted by Crippen LogP contribution is 2.44. The van der Waals surface area contributed by atoms with E-state index in [0.29, 0.717) is 18.1 Å². The molecule has 0 saturated heterocycles. The molecule has 2 saturated carbocycles. The van der Waals surface area contributed by atoms with Crippen LogP contribution in [0, 0.1) is 17.8 Å². The third-order valence-corrected chi connectivity index (χ3v) is 8.13. The van der Waals surface area contributed by atoms with Gasteiger partial charge in [-0.3, -0.25) is 0 Å². The summed E-state index contributed by atoms with van der Waals surface area (Å²) in [5.74, 6) is 3.49. The van der Waals surface area contributed by atoms with Gasteiger partial charge in [-0.15, -0.1) is 0 Å². The molecule has 31 heavy (non-hydrogen) atoms. The van der Waals surface area contributed by atoms with Crippen molar-refractivity contribution in [2.24, 2.45) is 17.8 Å². The van der Waals surface area contributed by atoms with E-state index in [1.807, 2.05) is 12.1 Å². The molecule has 0 aliphatic heterocycles. The van der Waals surface area contributed by atoms with E-state index in [9.17, 15) is 4.79 Å². The molecular weight excluding hydrogens is 380 g/mol. The molecule has 1 aromatic carbocycles. The van der Waals surface area contributed by atoms with E-state index in [1.165, 1.54) is 89.0 Å². The smallest absolute Gasteiger partial charge is 0.338 e. The number of rotatable bonds is 11. The summed E-state index contributed by atoms with van der Waals surface area (Å²) in [7, 11) is 0. The molecule has 0 bridgehead atoms. The predicted octanol–water partition coefficient (Wildman–Crippen LogP) is 8.69. The largest absolute Gasteiger partial charge is 0.462 e. The van der Waals surface area contributed by atoms with Crippen molar-refractivity contribution < 1.29 is 9.53 Å². The van der Waals surface area contributed by atoms with Gasteiger partial charge in [0.2, 0.25) is 0 Å². The van der Waals surface area contributed by atoms with Crippen molar-refractivity contribution >= 4 is 5.97 Å². The number of esters is 1. The van der Waals surface area contributed by atoms with E-state index in [2.05, 4.69) is 26.0 Å². The Bertz CT molecular complexity index is 619. The molecule has 2 fully saturated rings. The average molecular weight is 427 g/mol. The van der Waals surface area contributed by atoms with Crippen molar-refractivity contribution in [2.45, 2.75) is 116 Å². The zero-order valence-corrected chi connectivity index (χ0v) is 20.2. The molecule has 0 atom stereocenters. The van der Waals surface area contributed by atoms with Crippen molar-refractivity contribution in [2.75, 3.05) is 6.61 Å². The van der Waals surface area contributed by atoms with E-state index in [4.69, 9.17) is 4.74 Å². The third kappa shape index (κ3) is 7.65. The average Bonchev–Trinajstić information content (AvgIpc) is 2.82. The standard InChI is InChI=1S/C29H46O2/c1-3-5-6-7-8-22-31-29(30)28-20-18-27(19-21-28)26-16-14-25(15-17-26)24-12-10-23(9-4-2)11-13-24/h18-21,23-26H,3-17,22H2,1-2H3. The highest BCUT2D eigenvalue weighted by atomic mass is 16.5. The van der Waals surface area contributed by atoms with E-state index < -0.39 is 0 Å². The minimum absolute atomic E-state index is 0.163. The van der Waals surface area contributed by atoms with Gasteiger partial charge < -0.3 is 4.74 Å². The second-order valence-corrected chi connectivity index (χ2v) is 10.4. The van der Waals surface area contributed by atoms with Crippen molar-refractivity contribution in [3.8, 4) is 0 Å². The lowest BCUT2D eigenvalue weighted by Gasteiger charge is -2.38. The van der Waals surface area contributed by atoms with Gasteiger partial charge in [0.25, 0.3) is 0 Å². The molecule has 0 spiro atoms. The van der Waals surface area contributed by atoms with Gasteiger partial charge in [0.1, 0.15) is 0 Å². The maximum atomic E-state index is 12.3. The molecule has 174 valence electrons. The molecular formula is C29H46O2. The second-order valence-electron chi connectivity index (χ2n) is 10.4. The highest BCUT2D eigenvalue weighted by Gasteiger charge is 2.31. The first-order valence-corrected chi connectivity index (χ1v) is 13.5. The Morgan fingerprint density at radius 3 is 2.00 bits per heavy atom. The minimum atomic E-state index is -0.163. The zero-order chi connectivity index (χ0) is 21.9. The normalized spacial score (nSPS) is 26.5. The lowest BCUT2D eigenvalue weighted by molar-refractivity contribution is 0.0497. The van der Waals surface area contributed by atoms with Gasteiger partial charge in [-0.1, -0.05) is 77.3 Å². The van der Waals surface area contributed by atoms with Crippen molar-refractivity contribution in [1.29, 1.82) is 0 Å². The fourth-order valence-corrected chi connectivity index (χ4v) is 6.13. The molecule has 0 heterocycles. The summed E-state index contributed by atoms with van der Waals surface area (Å²) in [5.41, 5.74) is 2.12. The van der Waals surface area contributed by atoms with E-state index in [0.717, 1.165) is 30.6 Å². The van der Waals surface area contributed by atoms with Crippen LogP contribution in [0.2, 0.25) is 0 Å². The number of hydrogen-bond acceptors (Lipinski definition) is 2. The second kappa shape index (κ2) is 13.3.